The molecule has 0 spiro atoms. The van der Waals surface area contributed by atoms with Crippen LogP contribution in [0.2, 0.25) is 0 Å². The fourth-order valence-corrected chi connectivity index (χ4v) is 2.32. The number of nitrogens with one attached hydrogen (secondary N) is 1. The smallest absolute Gasteiger partial charge is 0.274 e. The number of benzene rings is 1. The molecule has 1 atom stereocenters. The van der Waals surface area contributed by atoms with Gasteiger partial charge in [-0.15, -0.1) is 0 Å². The normalized spacial score (nSPS) is 18.3. The largest absolute Gasteiger partial charge is 0.340 e. The number of hydrogen-bond acceptors (Lipinski definition) is 4. The van der Waals surface area contributed by atoms with Crippen LogP contribution in [0, 0.1) is 10.1 Å². The van der Waals surface area contributed by atoms with Gasteiger partial charge in [-0.05, 0) is 19.4 Å². The molecule has 0 radical (unpaired) electrons. The van der Waals surface area contributed by atoms with Crippen LogP contribution in [-0.2, 0) is 11.3 Å². The van der Waals surface area contributed by atoms with Crippen molar-refractivity contribution in [2.24, 2.45) is 0 Å². The summed E-state index contributed by atoms with van der Waals surface area (Å²) in [6, 6.07) is 6.37. The van der Waals surface area contributed by atoms with E-state index in [9.17, 15) is 14.9 Å². The van der Waals surface area contributed by atoms with Crippen LogP contribution in [-0.4, -0.2) is 35.4 Å². The van der Waals surface area contributed by atoms with Crippen LogP contribution in [0.1, 0.15) is 18.4 Å². The third-order valence-electron chi connectivity index (χ3n) is 3.33. The summed E-state index contributed by atoms with van der Waals surface area (Å²) in [6.45, 7) is 1.11. The molecule has 1 N–H and O–H groups in total. The molecule has 0 aliphatic carbocycles. The fraction of sp³-hybridized carbons (Fsp3) is 0.462. The molecule has 1 heterocycles. The summed E-state index contributed by atoms with van der Waals surface area (Å²) in [5.41, 5.74) is 0.614. The van der Waals surface area contributed by atoms with Crippen LogP contribution in [0.15, 0.2) is 24.3 Å². The van der Waals surface area contributed by atoms with E-state index in [0.29, 0.717) is 5.56 Å². The zero-order valence-corrected chi connectivity index (χ0v) is 10.8. The first kappa shape index (κ1) is 13.5. The van der Waals surface area contributed by atoms with Gasteiger partial charge < -0.3 is 10.2 Å². The zero-order valence-electron chi connectivity index (χ0n) is 10.8. The van der Waals surface area contributed by atoms with E-state index in [1.165, 1.54) is 6.07 Å². The molecule has 6 nitrogen and oxygen atoms in total. The minimum Gasteiger partial charge on any atom is -0.340 e. The van der Waals surface area contributed by atoms with Crippen LogP contribution in [0.25, 0.3) is 0 Å². The van der Waals surface area contributed by atoms with Crippen molar-refractivity contribution in [3.05, 3.63) is 39.9 Å². The van der Waals surface area contributed by atoms with E-state index in [4.69, 9.17) is 0 Å². The first-order valence-electron chi connectivity index (χ1n) is 6.30. The molecule has 1 aromatic rings. The quantitative estimate of drug-likeness (QED) is 0.656. The molecule has 1 aromatic carbocycles. The van der Waals surface area contributed by atoms with Gasteiger partial charge in [0.2, 0.25) is 5.91 Å². The van der Waals surface area contributed by atoms with Crippen molar-refractivity contribution in [2.45, 2.75) is 25.4 Å². The van der Waals surface area contributed by atoms with Crippen molar-refractivity contribution in [2.75, 3.05) is 13.6 Å². The summed E-state index contributed by atoms with van der Waals surface area (Å²) in [6.07, 6.45) is 1.83. The summed E-state index contributed by atoms with van der Waals surface area (Å²) in [5, 5.41) is 14.1. The lowest BCUT2D eigenvalue weighted by molar-refractivity contribution is -0.385. The van der Waals surface area contributed by atoms with Crippen LogP contribution in [0.4, 0.5) is 5.69 Å². The Kier molecular flexibility index (Phi) is 4.11. The van der Waals surface area contributed by atoms with E-state index in [0.717, 1.165) is 19.4 Å². The Morgan fingerprint density at radius 3 is 2.89 bits per heavy atom. The molecule has 1 saturated heterocycles. The highest BCUT2D eigenvalue weighted by Crippen LogP contribution is 2.19. The Bertz CT molecular complexity index is 484. The SMILES string of the molecule is CN(Cc1ccccc1[N+](=O)[O-])C(=O)[C@H]1CCCN1. The first-order valence-corrected chi connectivity index (χ1v) is 6.30. The minimum atomic E-state index is -0.415. The van der Waals surface area contributed by atoms with E-state index in [1.54, 1.807) is 30.1 Å². The Morgan fingerprint density at radius 1 is 1.53 bits per heavy atom. The summed E-state index contributed by atoms with van der Waals surface area (Å²) in [5.74, 6) is -0.00403. The molecule has 0 aromatic heterocycles. The topological polar surface area (TPSA) is 75.5 Å². The second-order valence-corrected chi connectivity index (χ2v) is 4.73. The molecular formula is C13H17N3O3. The molecule has 1 amide bonds. The van der Waals surface area contributed by atoms with Gasteiger partial charge in [-0.25, -0.2) is 0 Å². The average molecular weight is 263 g/mol. The van der Waals surface area contributed by atoms with Crippen molar-refractivity contribution in [1.29, 1.82) is 0 Å². The lowest BCUT2D eigenvalue weighted by Gasteiger charge is -2.21. The molecule has 6 heteroatoms. The summed E-state index contributed by atoms with van der Waals surface area (Å²) in [7, 11) is 1.68. The lowest BCUT2D eigenvalue weighted by atomic mass is 10.1. The van der Waals surface area contributed by atoms with Crippen molar-refractivity contribution >= 4 is 11.6 Å². The number of carbonyl (C=O) groups excluding carboxylic acids is 1. The Morgan fingerprint density at radius 2 is 2.26 bits per heavy atom. The Labute approximate surface area is 111 Å². The van der Waals surface area contributed by atoms with Gasteiger partial charge in [-0.3, -0.25) is 14.9 Å². The van der Waals surface area contributed by atoms with Gasteiger partial charge in [0.05, 0.1) is 17.5 Å². The van der Waals surface area contributed by atoms with Crippen LogP contribution < -0.4 is 5.32 Å². The maximum absolute atomic E-state index is 12.1. The van der Waals surface area contributed by atoms with E-state index in [2.05, 4.69) is 5.32 Å². The molecule has 1 aliphatic heterocycles. The van der Waals surface area contributed by atoms with Gasteiger partial charge >= 0.3 is 0 Å². The predicted octanol–water partition coefficient (Wildman–Crippen LogP) is 1.31. The van der Waals surface area contributed by atoms with Gasteiger partial charge in [-0.1, -0.05) is 18.2 Å². The number of nitrogens with zero attached hydrogens (tertiary/aromatic N) is 2. The maximum atomic E-state index is 12.1. The highest BCUT2D eigenvalue weighted by Gasteiger charge is 2.26. The van der Waals surface area contributed by atoms with Crippen LogP contribution in [0.5, 0.6) is 0 Å². The first-order chi connectivity index (χ1) is 9.09. The molecule has 2 rings (SSSR count). The zero-order chi connectivity index (χ0) is 13.8. The number of nitro benzene ring substituents is 1. The third kappa shape index (κ3) is 3.08. The van der Waals surface area contributed by atoms with Gasteiger partial charge in [0.1, 0.15) is 0 Å². The lowest BCUT2D eigenvalue weighted by Crippen LogP contribution is -2.41. The number of rotatable bonds is 4. The molecule has 0 saturated carbocycles. The average Bonchev–Trinajstić information content (AvgIpc) is 2.92. The van der Waals surface area contributed by atoms with E-state index >= 15 is 0 Å². The highest BCUT2D eigenvalue weighted by atomic mass is 16.6. The van der Waals surface area contributed by atoms with Gasteiger partial charge in [-0.2, -0.15) is 0 Å². The van der Waals surface area contributed by atoms with E-state index in [1.807, 2.05) is 0 Å². The molecule has 102 valence electrons. The molecule has 19 heavy (non-hydrogen) atoms. The third-order valence-corrected chi connectivity index (χ3v) is 3.33. The van der Waals surface area contributed by atoms with Crippen molar-refractivity contribution < 1.29 is 9.72 Å². The number of carbonyl (C=O) groups is 1. The number of para-hydroxylation sites is 1. The van der Waals surface area contributed by atoms with Crippen LogP contribution in [0.3, 0.4) is 0 Å². The second-order valence-electron chi connectivity index (χ2n) is 4.73. The maximum Gasteiger partial charge on any atom is 0.274 e. The summed E-state index contributed by atoms with van der Waals surface area (Å²) < 4.78 is 0. The van der Waals surface area contributed by atoms with Crippen LogP contribution >= 0.6 is 0 Å². The summed E-state index contributed by atoms with van der Waals surface area (Å²) in [4.78, 5) is 24.2. The predicted molar refractivity (Wildman–Crippen MR) is 70.6 cm³/mol. The molecule has 0 bridgehead atoms. The van der Waals surface area contributed by atoms with Gasteiger partial charge in [0, 0.05) is 18.7 Å². The van der Waals surface area contributed by atoms with E-state index < -0.39 is 4.92 Å². The molecule has 1 aliphatic rings. The molecule has 1 fully saturated rings. The number of hydrogen-bond donors (Lipinski definition) is 1. The molecular weight excluding hydrogens is 246 g/mol. The minimum absolute atomic E-state index is 0.00403. The number of likely N-dealkylation sites (N-methyl/N-ethyl adjacent to an activating group) is 1. The van der Waals surface area contributed by atoms with Gasteiger partial charge in [0.25, 0.3) is 5.69 Å². The van der Waals surface area contributed by atoms with Crippen molar-refractivity contribution in [3.8, 4) is 0 Å². The molecule has 0 unspecified atom stereocenters. The summed E-state index contributed by atoms with van der Waals surface area (Å²) >= 11 is 0. The van der Waals surface area contributed by atoms with E-state index in [-0.39, 0.29) is 24.2 Å². The fourth-order valence-electron chi connectivity index (χ4n) is 2.32. The monoisotopic (exact) mass is 263 g/mol. The Hall–Kier alpha value is -1.95. The Balaban J connectivity index is 2.08. The number of nitro groups is 1. The highest BCUT2D eigenvalue weighted by molar-refractivity contribution is 5.82. The van der Waals surface area contributed by atoms with Gasteiger partial charge in [0.15, 0.2) is 0 Å². The number of amides is 1. The standard InChI is InChI=1S/C13H17N3O3/c1-15(13(17)11-6-4-8-14-11)9-10-5-2-3-7-12(10)16(18)19/h2-3,5,7,11,14H,4,6,8-9H2,1H3/t11-/m1/s1. The van der Waals surface area contributed by atoms with Crippen molar-refractivity contribution in [3.63, 3.8) is 0 Å². The second kappa shape index (κ2) is 5.79. The van der Waals surface area contributed by atoms with Crippen molar-refractivity contribution in [1.82, 2.24) is 10.2 Å².